The van der Waals surface area contributed by atoms with E-state index in [1.165, 1.54) is 97.7 Å². The molecule has 10 rings (SSSR count). The molecule has 0 bridgehead atoms. The third-order valence-corrected chi connectivity index (χ3v) is 9.99. The van der Waals surface area contributed by atoms with Crippen LogP contribution in [0.2, 0.25) is 0 Å². The van der Waals surface area contributed by atoms with E-state index < -0.39 is 0 Å². The van der Waals surface area contributed by atoms with E-state index in [-0.39, 0.29) is 0 Å². The molecule has 0 fully saturated rings. The van der Waals surface area contributed by atoms with E-state index in [4.69, 9.17) is 0 Å². The van der Waals surface area contributed by atoms with Gasteiger partial charge < -0.3 is 0 Å². The first-order valence-corrected chi connectivity index (χ1v) is 16.0. The third-order valence-electron chi connectivity index (χ3n) is 9.99. The van der Waals surface area contributed by atoms with E-state index in [2.05, 4.69) is 170 Å². The molecule has 212 valence electrons. The van der Waals surface area contributed by atoms with E-state index in [1.54, 1.807) is 0 Å². The van der Waals surface area contributed by atoms with Crippen molar-refractivity contribution in [3.63, 3.8) is 0 Å². The Balaban J connectivity index is 1.23. The first kappa shape index (κ1) is 25.4. The van der Waals surface area contributed by atoms with Crippen LogP contribution < -0.4 is 0 Å². The first-order chi connectivity index (χ1) is 22.8. The van der Waals surface area contributed by atoms with E-state index >= 15 is 0 Å². The smallest absolute Gasteiger partial charge is 0.00986 e. The van der Waals surface area contributed by atoms with Crippen LogP contribution in [-0.2, 0) is 0 Å². The highest BCUT2D eigenvalue weighted by Crippen LogP contribution is 2.42. The van der Waals surface area contributed by atoms with Gasteiger partial charge in [0, 0.05) is 0 Å². The third kappa shape index (κ3) is 3.74. The maximum absolute atomic E-state index is 2.41. The Labute approximate surface area is 266 Å². The quantitative estimate of drug-likeness (QED) is 0.141. The largest absolute Gasteiger partial charge is 0.0616 e. The minimum Gasteiger partial charge on any atom is -0.0616 e. The molecule has 0 atom stereocenters. The fourth-order valence-corrected chi connectivity index (χ4v) is 7.80. The standard InChI is InChI=1S/C46H28/c1-3-13-35-29(9-1)19-21-33-25-31-11-7-17-39(45(31)27-43(33)35)41-23-24-42(38-16-6-5-15-37(38)41)40-18-8-12-32-26-34-22-20-30-10-2-4-14-36(30)44(34)28-46(32)40/h1-28H. The molecule has 0 heterocycles. The van der Waals surface area contributed by atoms with Crippen LogP contribution in [0.5, 0.6) is 0 Å². The fourth-order valence-electron chi connectivity index (χ4n) is 7.80. The van der Waals surface area contributed by atoms with Gasteiger partial charge in [-0.05, 0) is 122 Å². The summed E-state index contributed by atoms with van der Waals surface area (Å²) in [5.74, 6) is 0. The van der Waals surface area contributed by atoms with Crippen molar-refractivity contribution in [1.82, 2.24) is 0 Å². The molecule has 10 aromatic rings. The Bertz CT molecular complexity index is 2660. The predicted molar refractivity (Wildman–Crippen MR) is 200 cm³/mol. The van der Waals surface area contributed by atoms with Gasteiger partial charge >= 0.3 is 0 Å². The summed E-state index contributed by atoms with van der Waals surface area (Å²) in [4.78, 5) is 0. The Morgan fingerprint density at radius 3 is 1.00 bits per heavy atom. The molecular formula is C46H28. The lowest BCUT2D eigenvalue weighted by atomic mass is 9.87. The zero-order valence-electron chi connectivity index (χ0n) is 25.2. The molecule has 0 amide bonds. The van der Waals surface area contributed by atoms with Crippen molar-refractivity contribution in [3.8, 4) is 22.3 Å². The van der Waals surface area contributed by atoms with Crippen molar-refractivity contribution in [2.45, 2.75) is 0 Å². The first-order valence-electron chi connectivity index (χ1n) is 16.0. The lowest BCUT2D eigenvalue weighted by Crippen LogP contribution is -1.89. The second kappa shape index (κ2) is 9.76. The van der Waals surface area contributed by atoms with Gasteiger partial charge in [0.2, 0.25) is 0 Å². The summed E-state index contributed by atoms with van der Waals surface area (Å²) in [7, 11) is 0. The summed E-state index contributed by atoms with van der Waals surface area (Å²) >= 11 is 0. The molecule has 0 N–H and O–H groups in total. The van der Waals surface area contributed by atoms with Gasteiger partial charge in [-0.25, -0.2) is 0 Å². The Morgan fingerprint density at radius 1 is 0.174 bits per heavy atom. The monoisotopic (exact) mass is 580 g/mol. The molecule has 0 aromatic heterocycles. The average molecular weight is 581 g/mol. The lowest BCUT2D eigenvalue weighted by Gasteiger charge is -2.16. The van der Waals surface area contributed by atoms with Gasteiger partial charge in [0.25, 0.3) is 0 Å². The molecule has 0 spiro atoms. The van der Waals surface area contributed by atoms with Crippen molar-refractivity contribution >= 4 is 75.4 Å². The lowest BCUT2D eigenvalue weighted by molar-refractivity contribution is 1.67. The van der Waals surface area contributed by atoms with Crippen LogP contribution in [0.25, 0.3) is 97.7 Å². The predicted octanol–water partition coefficient (Wildman–Crippen LogP) is 13.1. The van der Waals surface area contributed by atoms with Crippen molar-refractivity contribution in [2.24, 2.45) is 0 Å². The minimum absolute atomic E-state index is 1.27. The van der Waals surface area contributed by atoms with Crippen LogP contribution in [0.15, 0.2) is 170 Å². The molecule has 0 nitrogen and oxygen atoms in total. The van der Waals surface area contributed by atoms with Gasteiger partial charge in [-0.1, -0.05) is 146 Å². The van der Waals surface area contributed by atoms with Crippen LogP contribution in [0, 0.1) is 0 Å². The van der Waals surface area contributed by atoms with E-state index in [0.717, 1.165) is 0 Å². The van der Waals surface area contributed by atoms with Crippen LogP contribution in [0.4, 0.5) is 0 Å². The molecule has 46 heavy (non-hydrogen) atoms. The Hall–Kier alpha value is -5.98. The van der Waals surface area contributed by atoms with Gasteiger partial charge in [0.05, 0.1) is 0 Å². The molecule has 10 aromatic carbocycles. The molecular weight excluding hydrogens is 553 g/mol. The molecule has 0 aliphatic rings. The number of fused-ring (bicyclic) bond motifs is 9. The summed E-state index contributed by atoms with van der Waals surface area (Å²) in [5.41, 5.74) is 5.07. The molecule has 0 saturated heterocycles. The van der Waals surface area contributed by atoms with Gasteiger partial charge in [-0.15, -0.1) is 0 Å². The molecule has 0 unspecified atom stereocenters. The van der Waals surface area contributed by atoms with Crippen LogP contribution >= 0.6 is 0 Å². The maximum atomic E-state index is 2.41. The summed E-state index contributed by atoms with van der Waals surface area (Å²) in [6, 6.07) is 63.0. The highest BCUT2D eigenvalue weighted by Gasteiger charge is 2.15. The summed E-state index contributed by atoms with van der Waals surface area (Å²) in [6.45, 7) is 0. The van der Waals surface area contributed by atoms with E-state index in [1.807, 2.05) is 0 Å². The molecule has 0 radical (unpaired) electrons. The Morgan fingerprint density at radius 2 is 0.522 bits per heavy atom. The SMILES string of the molecule is c1cc(-c2ccc(-c3cccc4cc5ccc6ccccc6c5cc34)c3ccccc23)c2cc3c(ccc4ccccc43)cc2c1. The number of benzene rings is 10. The van der Waals surface area contributed by atoms with Crippen molar-refractivity contribution in [2.75, 3.05) is 0 Å². The van der Waals surface area contributed by atoms with Gasteiger partial charge in [-0.2, -0.15) is 0 Å². The highest BCUT2D eigenvalue weighted by atomic mass is 14.2. The number of hydrogen-bond acceptors (Lipinski definition) is 0. The molecule has 0 heteroatoms. The summed E-state index contributed by atoms with van der Waals surface area (Å²) in [5, 5.41) is 18.0. The van der Waals surface area contributed by atoms with E-state index in [9.17, 15) is 0 Å². The zero-order chi connectivity index (χ0) is 30.2. The van der Waals surface area contributed by atoms with Crippen molar-refractivity contribution in [1.29, 1.82) is 0 Å². The number of hydrogen-bond donors (Lipinski definition) is 0. The van der Waals surface area contributed by atoms with Crippen LogP contribution in [0.3, 0.4) is 0 Å². The van der Waals surface area contributed by atoms with Crippen molar-refractivity contribution < 1.29 is 0 Å². The van der Waals surface area contributed by atoms with E-state index in [0.29, 0.717) is 0 Å². The normalized spacial score (nSPS) is 11.9. The van der Waals surface area contributed by atoms with Crippen LogP contribution in [0.1, 0.15) is 0 Å². The van der Waals surface area contributed by atoms with Gasteiger partial charge in [-0.3, -0.25) is 0 Å². The zero-order valence-corrected chi connectivity index (χ0v) is 25.2. The molecule has 0 aliphatic heterocycles. The molecule has 0 aliphatic carbocycles. The highest BCUT2D eigenvalue weighted by molar-refractivity contribution is 6.19. The maximum Gasteiger partial charge on any atom is -0.00986 e. The summed E-state index contributed by atoms with van der Waals surface area (Å²) < 4.78 is 0. The summed E-state index contributed by atoms with van der Waals surface area (Å²) in [6.07, 6.45) is 0. The second-order valence-corrected chi connectivity index (χ2v) is 12.5. The Kier molecular flexibility index (Phi) is 5.38. The topological polar surface area (TPSA) is 0 Å². The average Bonchev–Trinajstić information content (AvgIpc) is 3.12. The fraction of sp³-hybridized carbons (Fsp3) is 0. The molecule has 0 saturated carbocycles. The van der Waals surface area contributed by atoms with Crippen LogP contribution in [-0.4, -0.2) is 0 Å². The second-order valence-electron chi connectivity index (χ2n) is 12.5. The number of rotatable bonds is 2. The van der Waals surface area contributed by atoms with Gasteiger partial charge in [0.15, 0.2) is 0 Å². The van der Waals surface area contributed by atoms with Crippen molar-refractivity contribution in [3.05, 3.63) is 170 Å². The minimum atomic E-state index is 1.27. The van der Waals surface area contributed by atoms with Gasteiger partial charge in [0.1, 0.15) is 0 Å².